The summed E-state index contributed by atoms with van der Waals surface area (Å²) in [7, 11) is 0. The molecule has 0 amide bonds. The molecule has 130 valence electrons. The summed E-state index contributed by atoms with van der Waals surface area (Å²) in [6.45, 7) is 1.95. The lowest BCUT2D eigenvalue weighted by Gasteiger charge is -2.15. The number of fused-ring (bicyclic) bond motifs is 1. The molecule has 0 aliphatic carbocycles. The van der Waals surface area contributed by atoms with Crippen LogP contribution in [0.15, 0.2) is 53.4 Å². The van der Waals surface area contributed by atoms with Gasteiger partial charge in [0.25, 0.3) is 0 Å². The van der Waals surface area contributed by atoms with Crippen LogP contribution < -0.4 is 4.90 Å². The molecule has 0 spiro atoms. The molecule has 4 aromatic rings. The zero-order chi connectivity index (χ0) is 17.5. The summed E-state index contributed by atoms with van der Waals surface area (Å²) >= 11 is 0. The molecule has 0 radical (unpaired) electrons. The molecule has 6 nitrogen and oxygen atoms in total. The van der Waals surface area contributed by atoms with Gasteiger partial charge in [0, 0.05) is 31.0 Å². The van der Waals surface area contributed by atoms with Gasteiger partial charge in [-0.25, -0.2) is 14.4 Å². The number of rotatable bonds is 3. The lowest BCUT2D eigenvalue weighted by atomic mass is 10.1. The Morgan fingerprint density at radius 1 is 1.00 bits per heavy atom. The van der Waals surface area contributed by atoms with Gasteiger partial charge >= 0.3 is 5.84 Å². The second-order valence-electron chi connectivity index (χ2n) is 6.31. The number of nitrogens with zero attached hydrogens (tertiary/aromatic N) is 5. The fourth-order valence-electron chi connectivity index (χ4n) is 3.39. The Morgan fingerprint density at radius 3 is 2.62 bits per heavy atom. The third-order valence-corrected chi connectivity index (χ3v) is 4.65. The van der Waals surface area contributed by atoms with E-state index in [0.29, 0.717) is 11.5 Å². The van der Waals surface area contributed by atoms with Gasteiger partial charge in [0.2, 0.25) is 5.95 Å². The van der Waals surface area contributed by atoms with E-state index in [0.717, 1.165) is 48.8 Å². The van der Waals surface area contributed by atoms with Gasteiger partial charge in [-0.05, 0) is 43.2 Å². The Bertz CT molecular complexity index is 1060. The highest BCUT2D eigenvalue weighted by molar-refractivity contribution is 5.79. The summed E-state index contributed by atoms with van der Waals surface area (Å²) in [5, 5.41) is 0. The van der Waals surface area contributed by atoms with E-state index in [1.807, 2.05) is 16.7 Å². The largest absolute Gasteiger partial charge is 0.432 e. The molecule has 7 heteroatoms. The maximum atomic E-state index is 13.3. The summed E-state index contributed by atoms with van der Waals surface area (Å²) in [5.74, 6) is 0.917. The second-order valence-corrected chi connectivity index (χ2v) is 6.31. The molecular formula is C19H16FN5O. The monoisotopic (exact) mass is 349 g/mol. The molecule has 0 unspecified atom stereocenters. The zero-order valence-electron chi connectivity index (χ0n) is 14.0. The van der Waals surface area contributed by atoms with Crippen molar-refractivity contribution in [2.45, 2.75) is 12.8 Å². The molecule has 4 heterocycles. The standard InChI is InChI=1S/C19H16FN5O/c20-14-5-3-13(4-6-14)16-17(25-11-12-26-19(25)23-16)15-7-8-21-18(22-15)24-9-1-2-10-24/h3-8,11-12H,1-2,9-10H2. The summed E-state index contributed by atoms with van der Waals surface area (Å²) in [5.41, 5.74) is 3.08. The minimum atomic E-state index is -0.281. The van der Waals surface area contributed by atoms with E-state index in [1.165, 1.54) is 12.1 Å². The molecule has 1 aliphatic rings. The molecular weight excluding hydrogens is 333 g/mol. The van der Waals surface area contributed by atoms with Crippen LogP contribution in [-0.4, -0.2) is 32.4 Å². The highest BCUT2D eigenvalue weighted by Gasteiger charge is 2.21. The van der Waals surface area contributed by atoms with Crippen molar-refractivity contribution in [3.63, 3.8) is 0 Å². The highest BCUT2D eigenvalue weighted by atomic mass is 19.1. The molecule has 1 aromatic carbocycles. The summed E-state index contributed by atoms with van der Waals surface area (Å²) in [4.78, 5) is 16.0. The van der Waals surface area contributed by atoms with Crippen molar-refractivity contribution < 1.29 is 8.81 Å². The SMILES string of the molecule is Fc1ccc(-c2nc3occn3c2-c2ccnc(N3CCCC3)n2)cc1. The first-order valence-electron chi connectivity index (χ1n) is 8.59. The molecule has 26 heavy (non-hydrogen) atoms. The predicted octanol–water partition coefficient (Wildman–Crippen LogP) is 3.79. The van der Waals surface area contributed by atoms with Crippen LogP contribution in [0, 0.1) is 5.82 Å². The lowest BCUT2D eigenvalue weighted by molar-refractivity contribution is 0.596. The van der Waals surface area contributed by atoms with Crippen LogP contribution in [0.3, 0.4) is 0 Å². The van der Waals surface area contributed by atoms with Crippen molar-refractivity contribution >= 4 is 11.8 Å². The van der Waals surface area contributed by atoms with Crippen LogP contribution in [0.25, 0.3) is 28.5 Å². The maximum absolute atomic E-state index is 13.3. The van der Waals surface area contributed by atoms with Crippen LogP contribution >= 0.6 is 0 Å². The molecule has 0 saturated carbocycles. The first kappa shape index (κ1) is 15.1. The fraction of sp³-hybridized carbons (Fsp3) is 0.211. The Kier molecular flexibility index (Phi) is 3.44. The van der Waals surface area contributed by atoms with Crippen molar-refractivity contribution in [1.29, 1.82) is 0 Å². The average Bonchev–Trinajstić information content (AvgIpc) is 3.39. The molecule has 1 saturated heterocycles. The zero-order valence-corrected chi connectivity index (χ0v) is 14.0. The van der Waals surface area contributed by atoms with Crippen molar-refractivity contribution in [2.75, 3.05) is 18.0 Å². The third-order valence-electron chi connectivity index (χ3n) is 4.65. The van der Waals surface area contributed by atoms with Crippen molar-refractivity contribution in [2.24, 2.45) is 0 Å². The number of oxazole rings is 1. The number of halogens is 1. The van der Waals surface area contributed by atoms with E-state index in [9.17, 15) is 4.39 Å². The average molecular weight is 349 g/mol. The van der Waals surface area contributed by atoms with E-state index < -0.39 is 0 Å². The Hall–Kier alpha value is -3.22. The number of benzene rings is 1. The van der Waals surface area contributed by atoms with E-state index in [4.69, 9.17) is 9.40 Å². The van der Waals surface area contributed by atoms with Crippen LogP contribution in [0.1, 0.15) is 12.8 Å². The van der Waals surface area contributed by atoms with Gasteiger partial charge in [0.1, 0.15) is 23.5 Å². The second kappa shape index (κ2) is 5.94. The maximum Gasteiger partial charge on any atom is 0.306 e. The van der Waals surface area contributed by atoms with E-state index in [2.05, 4.69) is 14.9 Å². The Balaban J connectivity index is 1.68. The minimum absolute atomic E-state index is 0.281. The molecule has 1 fully saturated rings. The molecule has 0 atom stereocenters. The van der Waals surface area contributed by atoms with Gasteiger partial charge in [0.05, 0.1) is 5.69 Å². The fourth-order valence-corrected chi connectivity index (χ4v) is 3.39. The quantitative estimate of drug-likeness (QED) is 0.563. The number of anilines is 1. The van der Waals surface area contributed by atoms with Gasteiger partial charge in [0.15, 0.2) is 0 Å². The van der Waals surface area contributed by atoms with Gasteiger partial charge in [-0.2, -0.15) is 4.98 Å². The van der Waals surface area contributed by atoms with Gasteiger partial charge < -0.3 is 9.32 Å². The smallest absolute Gasteiger partial charge is 0.306 e. The number of hydrogen-bond acceptors (Lipinski definition) is 5. The van der Waals surface area contributed by atoms with Crippen molar-refractivity contribution in [3.8, 4) is 22.6 Å². The molecule has 1 aliphatic heterocycles. The van der Waals surface area contributed by atoms with Gasteiger partial charge in [-0.1, -0.05) is 0 Å². The Morgan fingerprint density at radius 2 is 1.81 bits per heavy atom. The number of hydrogen-bond donors (Lipinski definition) is 0. The molecule has 3 aromatic heterocycles. The lowest BCUT2D eigenvalue weighted by Crippen LogP contribution is -2.20. The molecule has 0 bridgehead atoms. The van der Waals surface area contributed by atoms with E-state index >= 15 is 0 Å². The van der Waals surface area contributed by atoms with Gasteiger partial charge in [-0.3, -0.25) is 4.40 Å². The summed E-state index contributed by atoms with van der Waals surface area (Å²) in [6.07, 6.45) is 7.48. The van der Waals surface area contributed by atoms with Crippen molar-refractivity contribution in [1.82, 2.24) is 19.4 Å². The molecule has 5 rings (SSSR count). The number of aromatic nitrogens is 4. The van der Waals surface area contributed by atoms with Crippen LogP contribution in [0.2, 0.25) is 0 Å². The summed E-state index contributed by atoms with van der Waals surface area (Å²) < 4.78 is 20.6. The number of imidazole rings is 1. The third kappa shape index (κ3) is 2.44. The van der Waals surface area contributed by atoms with Crippen LogP contribution in [0.5, 0.6) is 0 Å². The Labute approximate surface area is 148 Å². The van der Waals surface area contributed by atoms with Gasteiger partial charge in [-0.15, -0.1) is 0 Å². The van der Waals surface area contributed by atoms with E-state index in [-0.39, 0.29) is 5.82 Å². The van der Waals surface area contributed by atoms with E-state index in [1.54, 1.807) is 24.6 Å². The predicted molar refractivity (Wildman–Crippen MR) is 95.3 cm³/mol. The topological polar surface area (TPSA) is 59.5 Å². The van der Waals surface area contributed by atoms with Crippen LogP contribution in [-0.2, 0) is 0 Å². The summed E-state index contributed by atoms with van der Waals surface area (Å²) in [6, 6.07) is 8.14. The highest BCUT2D eigenvalue weighted by Crippen LogP contribution is 2.33. The molecule has 0 N–H and O–H groups in total. The normalized spacial score (nSPS) is 14.4. The first-order valence-corrected chi connectivity index (χ1v) is 8.59. The first-order chi connectivity index (χ1) is 12.8. The minimum Gasteiger partial charge on any atom is -0.432 e. The van der Waals surface area contributed by atoms with Crippen molar-refractivity contribution in [3.05, 3.63) is 54.8 Å². The van der Waals surface area contributed by atoms with Crippen LogP contribution in [0.4, 0.5) is 10.3 Å².